The number of nitrogens with zero attached hydrogens (tertiary/aromatic N) is 4. The van der Waals surface area contributed by atoms with Gasteiger partial charge in [-0.25, -0.2) is 19.3 Å². The van der Waals surface area contributed by atoms with E-state index in [-0.39, 0.29) is 23.6 Å². The van der Waals surface area contributed by atoms with Crippen molar-refractivity contribution in [1.82, 2.24) is 20.3 Å². The molecule has 2 atom stereocenters. The number of rotatable bonds is 3. The Labute approximate surface area is 162 Å². The van der Waals surface area contributed by atoms with Crippen LogP contribution in [-0.4, -0.2) is 39.4 Å². The Hall–Kier alpha value is -2.90. The summed E-state index contributed by atoms with van der Waals surface area (Å²) in [6, 6.07) is 4.23. The van der Waals surface area contributed by atoms with Gasteiger partial charge in [0.1, 0.15) is 23.2 Å². The van der Waals surface area contributed by atoms with Gasteiger partial charge >= 0.3 is 0 Å². The van der Waals surface area contributed by atoms with Crippen molar-refractivity contribution in [3.8, 4) is 0 Å². The maximum Gasteiger partial charge on any atom is 0.270 e. The first kappa shape index (κ1) is 18.5. The topological polar surface area (TPSA) is 88.1 Å². The number of pyridine rings is 1. The molecule has 146 valence electrons. The van der Waals surface area contributed by atoms with Crippen LogP contribution in [0.25, 0.3) is 0 Å². The number of carbonyl (C=O) groups is 2. The van der Waals surface area contributed by atoms with Crippen LogP contribution in [0.1, 0.15) is 48.4 Å². The third kappa shape index (κ3) is 3.46. The van der Waals surface area contributed by atoms with Gasteiger partial charge in [0.15, 0.2) is 0 Å². The molecule has 1 N–H and O–H groups in total. The average Bonchev–Trinajstić information content (AvgIpc) is 2.98. The van der Waals surface area contributed by atoms with Gasteiger partial charge in [0, 0.05) is 18.8 Å². The van der Waals surface area contributed by atoms with E-state index < -0.39 is 11.2 Å². The summed E-state index contributed by atoms with van der Waals surface area (Å²) >= 11 is 0. The van der Waals surface area contributed by atoms with Crippen molar-refractivity contribution in [3.05, 3.63) is 47.9 Å². The van der Waals surface area contributed by atoms with Gasteiger partial charge in [-0.3, -0.25) is 14.5 Å². The van der Waals surface area contributed by atoms with E-state index in [1.54, 1.807) is 24.1 Å². The van der Waals surface area contributed by atoms with Crippen LogP contribution in [0.15, 0.2) is 30.6 Å². The molecule has 28 heavy (non-hydrogen) atoms. The van der Waals surface area contributed by atoms with E-state index in [1.165, 1.54) is 12.1 Å². The molecular formula is C20H22FN5O2. The van der Waals surface area contributed by atoms with Crippen LogP contribution in [0.2, 0.25) is 0 Å². The molecule has 2 aromatic heterocycles. The normalized spacial score (nSPS) is 24.6. The first-order chi connectivity index (χ1) is 13.5. The van der Waals surface area contributed by atoms with Gasteiger partial charge in [-0.05, 0) is 50.8 Å². The fraction of sp³-hybridized carbons (Fsp3) is 0.450. The van der Waals surface area contributed by atoms with E-state index >= 15 is 0 Å². The lowest BCUT2D eigenvalue weighted by Crippen LogP contribution is -2.46. The largest absolute Gasteiger partial charge is 0.348 e. The molecule has 2 aliphatic rings. The van der Waals surface area contributed by atoms with E-state index in [9.17, 15) is 14.0 Å². The Morgan fingerprint density at radius 3 is 2.89 bits per heavy atom. The summed E-state index contributed by atoms with van der Waals surface area (Å²) in [7, 11) is 0. The zero-order chi connectivity index (χ0) is 19.7. The highest BCUT2D eigenvalue weighted by molar-refractivity contribution is 5.99. The number of nitrogens with one attached hydrogen (secondary N) is 1. The number of carbonyl (C=O) groups excluding carboxylic acids is 2. The molecule has 1 saturated heterocycles. The predicted octanol–water partition coefficient (Wildman–Crippen LogP) is 2.41. The molecule has 2 amide bonds. The summed E-state index contributed by atoms with van der Waals surface area (Å²) < 4.78 is 13.0. The molecule has 2 aromatic rings. The summed E-state index contributed by atoms with van der Waals surface area (Å²) in [5.41, 5.74) is -0.289. The molecule has 2 fully saturated rings. The van der Waals surface area contributed by atoms with E-state index in [0.717, 1.165) is 31.9 Å². The molecule has 8 heteroatoms. The van der Waals surface area contributed by atoms with Crippen molar-refractivity contribution in [2.24, 2.45) is 5.41 Å². The van der Waals surface area contributed by atoms with Crippen LogP contribution in [0.3, 0.4) is 0 Å². The van der Waals surface area contributed by atoms with Crippen molar-refractivity contribution in [3.63, 3.8) is 0 Å². The van der Waals surface area contributed by atoms with Crippen LogP contribution < -0.4 is 10.2 Å². The zero-order valence-electron chi connectivity index (χ0n) is 15.7. The zero-order valence-corrected chi connectivity index (χ0v) is 15.7. The summed E-state index contributed by atoms with van der Waals surface area (Å²) in [5, 5.41) is 2.97. The fourth-order valence-corrected chi connectivity index (χ4v) is 4.31. The molecule has 2 unspecified atom stereocenters. The smallest absolute Gasteiger partial charge is 0.270 e. The third-order valence-corrected chi connectivity index (χ3v) is 5.69. The Balaban J connectivity index is 1.46. The SMILES string of the molecule is Cc1nccc(N2CCC3(CCCC(NC(=O)c4ccc(F)cn4)C3)C2=O)n1. The lowest BCUT2D eigenvalue weighted by atomic mass is 9.71. The van der Waals surface area contributed by atoms with Crippen LogP contribution in [-0.2, 0) is 4.79 Å². The van der Waals surface area contributed by atoms with E-state index in [1.807, 2.05) is 0 Å². The number of aryl methyl sites for hydroxylation is 1. The number of aromatic nitrogens is 3. The second kappa shape index (κ2) is 7.26. The molecule has 1 aliphatic carbocycles. The molecular weight excluding hydrogens is 361 g/mol. The minimum atomic E-state index is -0.482. The van der Waals surface area contributed by atoms with Gasteiger partial charge in [-0.1, -0.05) is 6.42 Å². The van der Waals surface area contributed by atoms with Gasteiger partial charge in [0.05, 0.1) is 11.6 Å². The molecule has 4 rings (SSSR count). The number of anilines is 1. The molecule has 1 saturated carbocycles. The number of amides is 2. The van der Waals surface area contributed by atoms with Crippen LogP contribution in [0.4, 0.5) is 10.2 Å². The van der Waals surface area contributed by atoms with E-state index in [4.69, 9.17) is 0 Å². The highest BCUT2D eigenvalue weighted by atomic mass is 19.1. The minimum Gasteiger partial charge on any atom is -0.348 e. The van der Waals surface area contributed by atoms with Gasteiger partial charge in [0.2, 0.25) is 5.91 Å². The molecule has 1 aliphatic heterocycles. The minimum absolute atomic E-state index is 0.0736. The highest BCUT2D eigenvalue weighted by Crippen LogP contribution is 2.45. The molecule has 7 nitrogen and oxygen atoms in total. The molecule has 1 spiro atoms. The summed E-state index contributed by atoms with van der Waals surface area (Å²) in [6.45, 7) is 2.42. The van der Waals surface area contributed by atoms with Crippen LogP contribution in [0.5, 0.6) is 0 Å². The van der Waals surface area contributed by atoms with Gasteiger partial charge in [0.25, 0.3) is 5.91 Å². The Bertz CT molecular complexity index is 904. The number of hydrogen-bond donors (Lipinski definition) is 1. The van der Waals surface area contributed by atoms with Crippen molar-refractivity contribution < 1.29 is 14.0 Å². The summed E-state index contributed by atoms with van der Waals surface area (Å²) in [5.74, 6) is 0.521. The number of hydrogen-bond acceptors (Lipinski definition) is 5. The monoisotopic (exact) mass is 383 g/mol. The lowest BCUT2D eigenvalue weighted by Gasteiger charge is -2.36. The van der Waals surface area contributed by atoms with Crippen molar-refractivity contribution in [2.45, 2.75) is 45.1 Å². The Kier molecular flexibility index (Phi) is 4.78. The average molecular weight is 383 g/mol. The van der Waals surface area contributed by atoms with E-state index in [0.29, 0.717) is 24.6 Å². The molecule has 3 heterocycles. The quantitative estimate of drug-likeness (QED) is 0.879. The predicted molar refractivity (Wildman–Crippen MR) is 100 cm³/mol. The Morgan fingerprint density at radius 1 is 1.29 bits per heavy atom. The molecule has 0 radical (unpaired) electrons. The highest BCUT2D eigenvalue weighted by Gasteiger charge is 2.50. The fourth-order valence-electron chi connectivity index (χ4n) is 4.31. The first-order valence-electron chi connectivity index (χ1n) is 9.51. The second-order valence-electron chi connectivity index (χ2n) is 7.58. The van der Waals surface area contributed by atoms with Crippen LogP contribution in [0, 0.1) is 18.2 Å². The maximum absolute atomic E-state index is 13.2. The van der Waals surface area contributed by atoms with Crippen molar-refractivity contribution in [1.29, 1.82) is 0 Å². The molecule has 0 aromatic carbocycles. The van der Waals surface area contributed by atoms with Gasteiger partial charge in [-0.2, -0.15) is 0 Å². The van der Waals surface area contributed by atoms with Crippen molar-refractivity contribution in [2.75, 3.05) is 11.4 Å². The third-order valence-electron chi connectivity index (χ3n) is 5.69. The number of halogens is 1. The first-order valence-corrected chi connectivity index (χ1v) is 9.51. The van der Waals surface area contributed by atoms with Gasteiger partial charge in [-0.15, -0.1) is 0 Å². The van der Waals surface area contributed by atoms with Gasteiger partial charge < -0.3 is 5.32 Å². The summed E-state index contributed by atoms with van der Waals surface area (Å²) in [6.07, 6.45) is 6.52. The maximum atomic E-state index is 13.2. The Morgan fingerprint density at radius 2 is 2.14 bits per heavy atom. The molecule has 0 bridgehead atoms. The van der Waals surface area contributed by atoms with Crippen molar-refractivity contribution >= 4 is 17.6 Å². The van der Waals surface area contributed by atoms with E-state index in [2.05, 4.69) is 20.3 Å². The van der Waals surface area contributed by atoms with Crippen LogP contribution >= 0.6 is 0 Å². The summed E-state index contributed by atoms with van der Waals surface area (Å²) in [4.78, 5) is 39.7. The lowest BCUT2D eigenvalue weighted by molar-refractivity contribution is -0.127. The second-order valence-corrected chi connectivity index (χ2v) is 7.58. The standard InChI is InChI=1S/C20H22FN5O2/c1-13-22-9-6-17(24-13)26-10-8-20(19(26)28)7-2-3-15(11-20)25-18(27)16-5-4-14(21)12-23-16/h4-6,9,12,15H,2-3,7-8,10-11H2,1H3,(H,25,27).